The molecule has 1 unspecified atom stereocenters. The van der Waals surface area contributed by atoms with Crippen LogP contribution in [0.25, 0.3) is 5.57 Å². The van der Waals surface area contributed by atoms with Crippen molar-refractivity contribution in [2.24, 2.45) is 0 Å². The smallest absolute Gasteiger partial charge is 0.412 e. The average Bonchev–Trinajstić information content (AvgIpc) is 2.73. The van der Waals surface area contributed by atoms with Crippen LogP contribution in [0.15, 0.2) is 17.9 Å². The minimum Gasteiger partial charge on any atom is -0.496 e. The molecule has 0 saturated carbocycles. The Kier molecular flexibility index (Phi) is 6.46. The molecule has 0 saturated heterocycles. The summed E-state index contributed by atoms with van der Waals surface area (Å²) in [6, 6.07) is 3.33. The highest BCUT2D eigenvalue weighted by molar-refractivity contribution is 8.09. The fourth-order valence-electron chi connectivity index (χ4n) is 2.70. The molecule has 11 heteroatoms. The van der Waals surface area contributed by atoms with Gasteiger partial charge in [-0.15, -0.1) is 0 Å². The van der Waals surface area contributed by atoms with Crippen molar-refractivity contribution in [3.05, 3.63) is 34.0 Å². The number of alkyl halides is 3. The monoisotopic (exact) mass is 457 g/mol. The molecule has 0 spiro atoms. The number of amides is 1. The number of nitrogens with one attached hydrogen (secondary N) is 1. The first-order chi connectivity index (χ1) is 12.7. The maximum Gasteiger partial charge on any atom is 0.412 e. The number of rotatable bonds is 6. The molecule has 2 rings (SSSR count). The minimum atomic E-state index is -4.55. The van der Waals surface area contributed by atoms with Crippen LogP contribution in [0.5, 0.6) is 5.75 Å². The molecule has 1 aromatic rings. The van der Waals surface area contributed by atoms with Gasteiger partial charge in [0.1, 0.15) is 11.5 Å². The van der Waals surface area contributed by atoms with Crippen LogP contribution in [0.2, 0.25) is 5.02 Å². The molecule has 5 nitrogen and oxygen atoms in total. The van der Waals surface area contributed by atoms with Gasteiger partial charge in [-0.2, -0.15) is 13.2 Å². The van der Waals surface area contributed by atoms with E-state index in [1.165, 1.54) is 13.8 Å². The van der Waals surface area contributed by atoms with Gasteiger partial charge in [0, 0.05) is 6.66 Å². The summed E-state index contributed by atoms with van der Waals surface area (Å²) in [4.78, 5) is 12.7. The van der Waals surface area contributed by atoms with Gasteiger partial charge in [-0.05, 0) is 50.3 Å². The van der Waals surface area contributed by atoms with Gasteiger partial charge < -0.3 is 19.1 Å². The molecule has 28 heavy (non-hydrogen) atoms. The van der Waals surface area contributed by atoms with Crippen LogP contribution in [-0.2, 0) is 25.6 Å². The summed E-state index contributed by atoms with van der Waals surface area (Å²) in [6.45, 7) is 1.44. The Morgan fingerprint density at radius 1 is 1.32 bits per heavy atom. The Balaban J connectivity index is 2.59. The standard InChI is InChI=1S/C17H20ClF3NO4PS/c1-9-6-10(18)12(11(7-9)24-4)13-14(16(2,3)22-15(13)23)26-27(5,28)25-8-17(19,20)21/h6-7H,8H2,1-5H3,(H,22,23). The van der Waals surface area contributed by atoms with E-state index in [1.54, 1.807) is 32.9 Å². The molecule has 156 valence electrons. The lowest BCUT2D eigenvalue weighted by Gasteiger charge is -2.28. The van der Waals surface area contributed by atoms with Crippen LogP contribution in [0.4, 0.5) is 13.2 Å². The summed E-state index contributed by atoms with van der Waals surface area (Å²) >= 11 is 11.5. The molecule has 1 aliphatic heterocycles. The zero-order valence-electron chi connectivity index (χ0n) is 15.9. The Morgan fingerprint density at radius 2 is 1.93 bits per heavy atom. The van der Waals surface area contributed by atoms with Crippen molar-refractivity contribution in [2.75, 3.05) is 20.4 Å². The molecule has 0 aliphatic carbocycles. The van der Waals surface area contributed by atoms with E-state index < -0.39 is 30.7 Å². The van der Waals surface area contributed by atoms with Crippen molar-refractivity contribution < 1.29 is 31.8 Å². The first-order valence-electron chi connectivity index (χ1n) is 8.07. The van der Waals surface area contributed by atoms with Crippen molar-refractivity contribution in [3.8, 4) is 5.75 Å². The Bertz CT molecular complexity index is 886. The molecule has 1 N–H and O–H groups in total. The molecule has 1 aromatic carbocycles. The predicted octanol–water partition coefficient (Wildman–Crippen LogP) is 4.81. The third kappa shape index (κ3) is 5.20. The second-order valence-electron chi connectivity index (χ2n) is 6.86. The van der Waals surface area contributed by atoms with Crippen LogP contribution in [0, 0.1) is 6.92 Å². The quantitative estimate of drug-likeness (QED) is 0.621. The molecular formula is C17H20ClF3NO4PS. The highest BCUT2D eigenvalue weighted by atomic mass is 35.5. The van der Waals surface area contributed by atoms with Crippen molar-refractivity contribution in [1.82, 2.24) is 5.32 Å². The molecule has 1 atom stereocenters. The van der Waals surface area contributed by atoms with Crippen LogP contribution in [0.3, 0.4) is 0 Å². The van der Waals surface area contributed by atoms with Gasteiger partial charge in [0.2, 0.25) is 6.49 Å². The van der Waals surface area contributed by atoms with Crippen molar-refractivity contribution in [2.45, 2.75) is 32.5 Å². The molecule has 0 fully saturated rings. The maximum atomic E-state index is 12.7. The van der Waals surface area contributed by atoms with E-state index in [0.29, 0.717) is 5.75 Å². The van der Waals surface area contributed by atoms with Gasteiger partial charge in [0.05, 0.1) is 28.8 Å². The van der Waals surface area contributed by atoms with Crippen LogP contribution >= 0.6 is 18.1 Å². The number of hydrogen-bond donors (Lipinski definition) is 1. The number of ether oxygens (including phenoxy) is 1. The molecule has 0 aromatic heterocycles. The molecule has 1 amide bonds. The second-order valence-corrected chi connectivity index (χ2v) is 11.2. The highest BCUT2D eigenvalue weighted by Crippen LogP contribution is 2.53. The highest BCUT2D eigenvalue weighted by Gasteiger charge is 2.44. The van der Waals surface area contributed by atoms with Crippen LogP contribution in [0.1, 0.15) is 25.0 Å². The molecule has 1 heterocycles. The zero-order valence-corrected chi connectivity index (χ0v) is 18.3. The fraction of sp³-hybridized carbons (Fsp3) is 0.471. The van der Waals surface area contributed by atoms with E-state index >= 15 is 0 Å². The fourth-order valence-corrected chi connectivity index (χ4v) is 4.53. The molecule has 1 aliphatic rings. The Labute approximate surface area is 171 Å². The van der Waals surface area contributed by atoms with Crippen molar-refractivity contribution in [1.29, 1.82) is 0 Å². The van der Waals surface area contributed by atoms with Crippen LogP contribution < -0.4 is 10.1 Å². The van der Waals surface area contributed by atoms with Gasteiger partial charge >= 0.3 is 6.18 Å². The lowest BCUT2D eigenvalue weighted by Crippen LogP contribution is -2.38. The Hall–Kier alpha value is -1.28. The summed E-state index contributed by atoms with van der Waals surface area (Å²) in [5, 5.41) is 2.96. The number of methoxy groups -OCH3 is 1. The zero-order chi connectivity index (χ0) is 21.5. The molecular weight excluding hydrogens is 438 g/mol. The first-order valence-corrected chi connectivity index (χ1v) is 11.5. The van der Waals surface area contributed by atoms with E-state index in [9.17, 15) is 18.0 Å². The van der Waals surface area contributed by atoms with E-state index in [4.69, 9.17) is 37.2 Å². The number of hydrogen-bond acceptors (Lipinski definition) is 5. The van der Waals surface area contributed by atoms with E-state index in [1.807, 2.05) is 0 Å². The topological polar surface area (TPSA) is 56.8 Å². The van der Waals surface area contributed by atoms with Gasteiger partial charge in [0.25, 0.3) is 5.91 Å². The minimum absolute atomic E-state index is 0.0542. The summed E-state index contributed by atoms with van der Waals surface area (Å²) < 4.78 is 53.5. The molecule has 0 bridgehead atoms. The van der Waals surface area contributed by atoms with Crippen molar-refractivity contribution in [3.63, 3.8) is 0 Å². The van der Waals surface area contributed by atoms with E-state index in [0.717, 1.165) is 5.56 Å². The number of halogens is 4. The number of carbonyl (C=O) groups excluding carboxylic acids is 1. The third-order valence-corrected chi connectivity index (χ3v) is 5.79. The van der Waals surface area contributed by atoms with Gasteiger partial charge in [-0.25, -0.2) is 0 Å². The number of benzene rings is 1. The lowest BCUT2D eigenvalue weighted by molar-refractivity contribution is -0.153. The van der Waals surface area contributed by atoms with Crippen LogP contribution in [-0.4, -0.2) is 38.0 Å². The summed E-state index contributed by atoms with van der Waals surface area (Å²) in [5.74, 6) is -0.112. The van der Waals surface area contributed by atoms with Gasteiger partial charge in [-0.3, -0.25) is 4.79 Å². The Morgan fingerprint density at radius 3 is 2.46 bits per heavy atom. The van der Waals surface area contributed by atoms with E-state index in [-0.39, 0.29) is 21.9 Å². The largest absolute Gasteiger partial charge is 0.496 e. The van der Waals surface area contributed by atoms with Crippen molar-refractivity contribution >= 4 is 41.4 Å². The van der Waals surface area contributed by atoms with E-state index in [2.05, 4.69) is 5.32 Å². The SMILES string of the molecule is COc1cc(C)cc(Cl)c1C1=C(OP(C)(=S)OCC(F)(F)F)C(C)(C)NC1=O. The number of aryl methyl sites for hydroxylation is 1. The third-order valence-electron chi connectivity index (χ3n) is 3.84. The average molecular weight is 458 g/mol. The summed E-state index contributed by atoms with van der Waals surface area (Å²) in [5.41, 5.74) is 0.102. The number of carbonyl (C=O) groups is 1. The van der Waals surface area contributed by atoms with Gasteiger partial charge in [-0.1, -0.05) is 11.6 Å². The lowest BCUT2D eigenvalue weighted by atomic mass is 9.98. The summed E-state index contributed by atoms with van der Waals surface area (Å²) in [7, 11) is 1.42. The second kappa shape index (κ2) is 7.86. The normalized spacial score (nSPS) is 18.7. The predicted molar refractivity (Wildman–Crippen MR) is 105 cm³/mol. The summed E-state index contributed by atoms with van der Waals surface area (Å²) in [6.07, 6.45) is -4.55. The maximum absolute atomic E-state index is 12.7. The van der Waals surface area contributed by atoms with Gasteiger partial charge in [0.15, 0.2) is 6.61 Å². The molecule has 0 radical (unpaired) electrons. The first kappa shape index (κ1) is 23.0.